The number of imide groups is 1. The first-order valence-corrected chi connectivity index (χ1v) is 9.38. The minimum absolute atomic E-state index is 0.124. The second kappa shape index (κ2) is 8.58. The molecule has 27 heavy (non-hydrogen) atoms. The van der Waals surface area contributed by atoms with E-state index in [0.29, 0.717) is 12.2 Å². The normalized spacial score (nSPS) is 14.1. The number of hydrogen-bond acceptors (Lipinski definition) is 6. The molecule has 0 atom stereocenters. The van der Waals surface area contributed by atoms with Gasteiger partial charge >= 0.3 is 6.03 Å². The third-order valence-corrected chi connectivity index (χ3v) is 4.93. The zero-order valence-corrected chi connectivity index (χ0v) is 15.3. The SMILES string of the molecule is O=C(CCN1CCC(=O)NC1=O)NCCn1nc(-c2cccs2)ccc1=O. The van der Waals surface area contributed by atoms with Crippen molar-refractivity contribution in [3.05, 3.63) is 40.0 Å². The van der Waals surface area contributed by atoms with Crippen molar-refractivity contribution in [2.24, 2.45) is 0 Å². The second-order valence-electron chi connectivity index (χ2n) is 5.95. The van der Waals surface area contributed by atoms with Crippen LogP contribution in [0.3, 0.4) is 0 Å². The molecular weight excluding hydrogens is 370 g/mol. The molecule has 0 aromatic carbocycles. The average molecular weight is 389 g/mol. The molecule has 3 rings (SSSR count). The summed E-state index contributed by atoms with van der Waals surface area (Å²) in [5.74, 6) is -0.536. The minimum Gasteiger partial charge on any atom is -0.354 e. The number of thiophene rings is 1. The summed E-state index contributed by atoms with van der Waals surface area (Å²) < 4.78 is 1.32. The zero-order valence-electron chi connectivity index (χ0n) is 14.5. The maximum absolute atomic E-state index is 11.9. The lowest BCUT2D eigenvalue weighted by atomic mass is 10.3. The fourth-order valence-electron chi connectivity index (χ4n) is 2.60. The summed E-state index contributed by atoms with van der Waals surface area (Å²) in [4.78, 5) is 48.9. The summed E-state index contributed by atoms with van der Waals surface area (Å²) in [5, 5.41) is 11.2. The number of aromatic nitrogens is 2. The van der Waals surface area contributed by atoms with E-state index in [1.54, 1.807) is 6.07 Å². The summed E-state index contributed by atoms with van der Waals surface area (Å²) in [7, 11) is 0. The number of carbonyl (C=O) groups excluding carboxylic acids is 3. The number of urea groups is 1. The van der Waals surface area contributed by atoms with Gasteiger partial charge in [0.2, 0.25) is 11.8 Å². The van der Waals surface area contributed by atoms with E-state index in [4.69, 9.17) is 0 Å². The van der Waals surface area contributed by atoms with Gasteiger partial charge in [0, 0.05) is 38.5 Å². The lowest BCUT2D eigenvalue weighted by Crippen LogP contribution is -2.50. The molecule has 10 heteroatoms. The fraction of sp³-hybridized carbons (Fsp3) is 0.353. The van der Waals surface area contributed by atoms with E-state index < -0.39 is 6.03 Å². The van der Waals surface area contributed by atoms with Crippen molar-refractivity contribution in [2.45, 2.75) is 19.4 Å². The van der Waals surface area contributed by atoms with E-state index in [1.165, 1.54) is 27.0 Å². The molecule has 0 unspecified atom stereocenters. The molecule has 0 bridgehead atoms. The van der Waals surface area contributed by atoms with Gasteiger partial charge in [-0.05, 0) is 17.5 Å². The predicted octanol–water partition coefficient (Wildman–Crippen LogP) is 0.420. The Kier molecular flexibility index (Phi) is 5.97. The smallest absolute Gasteiger partial charge is 0.324 e. The molecule has 0 spiro atoms. The van der Waals surface area contributed by atoms with Crippen LogP contribution in [0.4, 0.5) is 4.79 Å². The van der Waals surface area contributed by atoms with E-state index in [0.717, 1.165) is 4.88 Å². The molecule has 0 radical (unpaired) electrons. The summed E-state index contributed by atoms with van der Waals surface area (Å²) in [6.07, 6.45) is 0.363. The van der Waals surface area contributed by atoms with Crippen LogP contribution in [0.15, 0.2) is 34.4 Å². The van der Waals surface area contributed by atoms with Crippen molar-refractivity contribution in [3.8, 4) is 10.6 Å². The molecule has 1 fully saturated rings. The van der Waals surface area contributed by atoms with Crippen LogP contribution in [0.2, 0.25) is 0 Å². The lowest BCUT2D eigenvalue weighted by molar-refractivity contribution is -0.121. The quantitative estimate of drug-likeness (QED) is 0.713. The van der Waals surface area contributed by atoms with Gasteiger partial charge in [-0.2, -0.15) is 5.10 Å². The number of nitrogens with zero attached hydrogens (tertiary/aromatic N) is 3. The van der Waals surface area contributed by atoms with E-state index in [1.807, 2.05) is 17.5 Å². The van der Waals surface area contributed by atoms with Crippen LogP contribution < -0.4 is 16.2 Å². The van der Waals surface area contributed by atoms with E-state index in [-0.39, 0.29) is 49.8 Å². The number of rotatable bonds is 7. The van der Waals surface area contributed by atoms with Crippen LogP contribution in [0.25, 0.3) is 10.6 Å². The molecule has 1 aliphatic rings. The number of amides is 4. The van der Waals surface area contributed by atoms with Crippen LogP contribution in [-0.4, -0.2) is 52.2 Å². The first-order valence-electron chi connectivity index (χ1n) is 8.50. The largest absolute Gasteiger partial charge is 0.354 e. The van der Waals surface area contributed by atoms with Crippen molar-refractivity contribution in [2.75, 3.05) is 19.6 Å². The predicted molar refractivity (Wildman–Crippen MR) is 99.2 cm³/mol. The maximum Gasteiger partial charge on any atom is 0.324 e. The van der Waals surface area contributed by atoms with Gasteiger partial charge in [-0.25, -0.2) is 9.48 Å². The highest BCUT2D eigenvalue weighted by Gasteiger charge is 2.22. The highest BCUT2D eigenvalue weighted by Crippen LogP contribution is 2.20. The third kappa shape index (κ3) is 5.00. The Morgan fingerprint density at radius 2 is 2.07 bits per heavy atom. The van der Waals surface area contributed by atoms with Gasteiger partial charge in [0.05, 0.1) is 11.4 Å². The highest BCUT2D eigenvalue weighted by molar-refractivity contribution is 7.13. The van der Waals surface area contributed by atoms with Crippen molar-refractivity contribution < 1.29 is 14.4 Å². The van der Waals surface area contributed by atoms with Crippen molar-refractivity contribution in [1.82, 2.24) is 25.3 Å². The van der Waals surface area contributed by atoms with Gasteiger partial charge < -0.3 is 10.2 Å². The molecular formula is C17H19N5O4S. The Morgan fingerprint density at radius 3 is 2.81 bits per heavy atom. The Morgan fingerprint density at radius 1 is 1.22 bits per heavy atom. The van der Waals surface area contributed by atoms with Crippen molar-refractivity contribution in [3.63, 3.8) is 0 Å². The topological polar surface area (TPSA) is 113 Å². The summed E-state index contributed by atoms with van der Waals surface area (Å²) in [6, 6.07) is 6.50. The van der Waals surface area contributed by atoms with Gasteiger partial charge in [-0.3, -0.25) is 19.7 Å². The van der Waals surface area contributed by atoms with E-state index in [9.17, 15) is 19.2 Å². The molecule has 142 valence electrons. The zero-order chi connectivity index (χ0) is 19.2. The Bertz CT molecular complexity index is 893. The Labute approximate surface area is 159 Å². The number of hydrogen-bond donors (Lipinski definition) is 2. The molecule has 0 aliphatic carbocycles. The lowest BCUT2D eigenvalue weighted by Gasteiger charge is -2.26. The van der Waals surface area contributed by atoms with Gasteiger partial charge in [0.15, 0.2) is 0 Å². The highest BCUT2D eigenvalue weighted by atomic mass is 32.1. The molecule has 1 aliphatic heterocycles. The molecule has 2 aromatic heterocycles. The number of nitrogens with one attached hydrogen (secondary N) is 2. The molecule has 2 N–H and O–H groups in total. The summed E-state index contributed by atoms with van der Waals surface area (Å²) in [6.45, 7) is 1.05. The average Bonchev–Trinajstić information content (AvgIpc) is 3.17. The maximum atomic E-state index is 11.9. The first kappa shape index (κ1) is 18.8. The standard InChI is InChI=1S/C17H19N5O4S/c23-14(5-8-21-9-6-15(24)19-17(21)26)18-7-10-22-16(25)4-3-12(20-22)13-2-1-11-27-13/h1-4,11H,5-10H2,(H,18,23)(H,19,24,26). The van der Waals surface area contributed by atoms with Crippen LogP contribution >= 0.6 is 11.3 Å². The van der Waals surface area contributed by atoms with Gasteiger partial charge in [-0.15, -0.1) is 11.3 Å². The van der Waals surface area contributed by atoms with Gasteiger partial charge in [0.1, 0.15) is 5.69 Å². The Hall–Kier alpha value is -3.01. The van der Waals surface area contributed by atoms with Crippen LogP contribution in [0, 0.1) is 0 Å². The minimum atomic E-state index is -0.472. The van der Waals surface area contributed by atoms with E-state index in [2.05, 4.69) is 15.7 Å². The number of carbonyl (C=O) groups is 3. The third-order valence-electron chi connectivity index (χ3n) is 4.04. The van der Waals surface area contributed by atoms with Crippen LogP contribution in [-0.2, 0) is 16.1 Å². The monoisotopic (exact) mass is 389 g/mol. The summed E-state index contributed by atoms with van der Waals surface area (Å²) >= 11 is 1.53. The molecule has 1 saturated heterocycles. The summed E-state index contributed by atoms with van der Waals surface area (Å²) in [5.41, 5.74) is 0.473. The van der Waals surface area contributed by atoms with Gasteiger partial charge in [0.25, 0.3) is 5.56 Å². The van der Waals surface area contributed by atoms with E-state index >= 15 is 0 Å². The fourth-order valence-corrected chi connectivity index (χ4v) is 3.29. The first-order chi connectivity index (χ1) is 13.0. The van der Waals surface area contributed by atoms with Crippen molar-refractivity contribution in [1.29, 1.82) is 0 Å². The molecule has 0 saturated carbocycles. The molecule has 3 heterocycles. The molecule has 9 nitrogen and oxygen atoms in total. The van der Waals surface area contributed by atoms with Crippen LogP contribution in [0.5, 0.6) is 0 Å². The van der Waals surface area contributed by atoms with Crippen molar-refractivity contribution >= 4 is 29.2 Å². The van der Waals surface area contributed by atoms with Gasteiger partial charge in [-0.1, -0.05) is 6.07 Å². The Balaban J connectivity index is 1.46. The van der Waals surface area contributed by atoms with Crippen LogP contribution in [0.1, 0.15) is 12.8 Å². The molecule has 2 aromatic rings. The molecule has 4 amide bonds. The second-order valence-corrected chi connectivity index (χ2v) is 6.90.